The van der Waals surface area contributed by atoms with E-state index in [-0.39, 0.29) is 11.5 Å². The van der Waals surface area contributed by atoms with Crippen molar-refractivity contribution in [1.29, 1.82) is 0 Å². The lowest BCUT2D eigenvalue weighted by Crippen LogP contribution is -2.03. The Balaban J connectivity index is 1.55. The smallest absolute Gasteiger partial charge is 0.212 e. The summed E-state index contributed by atoms with van der Waals surface area (Å²) >= 11 is 7.17. The molecule has 140 valence electrons. The summed E-state index contributed by atoms with van der Waals surface area (Å²) in [6.45, 7) is 0. The molecule has 8 heteroatoms. The Labute approximate surface area is 170 Å². The van der Waals surface area contributed by atoms with Crippen LogP contribution in [-0.2, 0) is 0 Å². The molecule has 0 fully saturated rings. The van der Waals surface area contributed by atoms with Crippen molar-refractivity contribution in [2.24, 2.45) is 0 Å². The molecule has 2 heterocycles. The van der Waals surface area contributed by atoms with Gasteiger partial charge >= 0.3 is 0 Å². The Kier molecular flexibility index (Phi) is 5.27. The maximum absolute atomic E-state index is 12.4. The number of thioether (sulfide) groups is 1. The number of benzene rings is 2. The number of methoxy groups -OCH3 is 1. The van der Waals surface area contributed by atoms with Crippen molar-refractivity contribution in [2.45, 2.75) is 5.16 Å². The molecule has 4 aromatic rings. The number of hydrogen-bond acceptors (Lipinski definition) is 6. The van der Waals surface area contributed by atoms with Crippen LogP contribution < -0.4 is 4.74 Å². The number of hydrogen-bond donors (Lipinski definition) is 0. The van der Waals surface area contributed by atoms with Gasteiger partial charge < -0.3 is 4.74 Å². The van der Waals surface area contributed by atoms with Gasteiger partial charge in [0, 0.05) is 16.1 Å². The first-order valence-electron chi connectivity index (χ1n) is 8.42. The maximum Gasteiger partial charge on any atom is 0.212 e. The number of aromatic nitrogens is 4. The number of ketones is 1. The summed E-state index contributed by atoms with van der Waals surface area (Å²) in [5, 5.41) is 14.1. The van der Waals surface area contributed by atoms with Gasteiger partial charge in [-0.15, -0.1) is 10.2 Å². The van der Waals surface area contributed by atoms with Gasteiger partial charge in [-0.3, -0.25) is 4.79 Å². The fourth-order valence-electron chi connectivity index (χ4n) is 2.62. The van der Waals surface area contributed by atoms with Crippen LogP contribution in [-0.4, -0.2) is 38.5 Å². The normalized spacial score (nSPS) is 10.9. The summed E-state index contributed by atoms with van der Waals surface area (Å²) in [6.07, 6.45) is 0. The van der Waals surface area contributed by atoms with Crippen LogP contribution in [0.1, 0.15) is 10.4 Å². The number of rotatable bonds is 6. The summed E-state index contributed by atoms with van der Waals surface area (Å²) < 4.78 is 6.84. The monoisotopic (exact) mass is 410 g/mol. The molecule has 4 rings (SSSR count). The number of nitrogens with zero attached hydrogens (tertiary/aromatic N) is 4. The van der Waals surface area contributed by atoms with E-state index in [4.69, 9.17) is 16.3 Å². The van der Waals surface area contributed by atoms with E-state index in [9.17, 15) is 4.79 Å². The van der Waals surface area contributed by atoms with Gasteiger partial charge in [-0.1, -0.05) is 23.4 Å². The number of fused-ring (bicyclic) bond motifs is 1. The zero-order valence-corrected chi connectivity index (χ0v) is 16.4. The second-order valence-electron chi connectivity index (χ2n) is 5.92. The Morgan fingerprint density at radius 2 is 1.79 bits per heavy atom. The highest BCUT2D eigenvalue weighted by Crippen LogP contribution is 2.23. The molecule has 0 unspecified atom stereocenters. The number of halogens is 1. The Hall–Kier alpha value is -2.90. The molecule has 28 heavy (non-hydrogen) atoms. The second kappa shape index (κ2) is 8.00. The predicted molar refractivity (Wildman–Crippen MR) is 109 cm³/mol. The van der Waals surface area contributed by atoms with Gasteiger partial charge in [0.15, 0.2) is 11.4 Å². The predicted octanol–water partition coefficient (Wildman–Crippen LogP) is 4.43. The fraction of sp³-hybridized carbons (Fsp3) is 0.100. The van der Waals surface area contributed by atoms with E-state index in [0.29, 0.717) is 21.4 Å². The first kappa shape index (κ1) is 18.5. The Morgan fingerprint density at radius 3 is 2.50 bits per heavy atom. The molecule has 0 aliphatic rings. The van der Waals surface area contributed by atoms with Crippen LogP contribution in [0.5, 0.6) is 5.75 Å². The van der Waals surface area contributed by atoms with Crippen molar-refractivity contribution in [1.82, 2.24) is 19.8 Å². The zero-order valence-electron chi connectivity index (χ0n) is 14.9. The van der Waals surface area contributed by atoms with Crippen molar-refractivity contribution in [3.63, 3.8) is 0 Å². The SMILES string of the molecule is COc1ccc(-c2ccc3nnc(SCC(=O)c4ccc(Cl)cc4)n3n2)cc1. The van der Waals surface area contributed by atoms with Gasteiger partial charge in [0.1, 0.15) is 5.75 Å². The highest BCUT2D eigenvalue weighted by Gasteiger charge is 2.13. The molecule has 0 saturated heterocycles. The van der Waals surface area contributed by atoms with Crippen LogP contribution >= 0.6 is 23.4 Å². The lowest BCUT2D eigenvalue weighted by atomic mass is 10.1. The molecule has 0 bridgehead atoms. The van der Waals surface area contributed by atoms with Gasteiger partial charge in [0.05, 0.1) is 18.6 Å². The maximum atomic E-state index is 12.4. The van der Waals surface area contributed by atoms with Crippen molar-refractivity contribution >= 4 is 34.8 Å². The molecular weight excluding hydrogens is 396 g/mol. The average Bonchev–Trinajstić information content (AvgIpc) is 3.15. The van der Waals surface area contributed by atoms with Crippen LogP contribution in [0, 0.1) is 0 Å². The van der Waals surface area contributed by atoms with E-state index >= 15 is 0 Å². The zero-order chi connectivity index (χ0) is 19.5. The first-order valence-corrected chi connectivity index (χ1v) is 9.79. The molecule has 0 N–H and O–H groups in total. The third-order valence-electron chi connectivity index (χ3n) is 4.12. The summed E-state index contributed by atoms with van der Waals surface area (Å²) in [4.78, 5) is 12.4. The largest absolute Gasteiger partial charge is 0.497 e. The highest BCUT2D eigenvalue weighted by molar-refractivity contribution is 7.99. The summed E-state index contributed by atoms with van der Waals surface area (Å²) in [7, 11) is 1.63. The number of carbonyl (C=O) groups is 1. The van der Waals surface area contributed by atoms with Crippen LogP contribution in [0.3, 0.4) is 0 Å². The van der Waals surface area contributed by atoms with Crippen molar-refractivity contribution in [2.75, 3.05) is 12.9 Å². The third-order valence-corrected chi connectivity index (χ3v) is 5.29. The molecule has 0 spiro atoms. The van der Waals surface area contributed by atoms with Crippen LogP contribution in [0.25, 0.3) is 16.9 Å². The Bertz CT molecular complexity index is 1130. The fourth-order valence-corrected chi connectivity index (χ4v) is 3.53. The molecule has 6 nitrogen and oxygen atoms in total. The highest BCUT2D eigenvalue weighted by atomic mass is 35.5. The minimum absolute atomic E-state index is 0.00951. The van der Waals surface area contributed by atoms with Crippen LogP contribution in [0.15, 0.2) is 65.8 Å². The quantitative estimate of drug-likeness (QED) is 0.346. The first-order chi connectivity index (χ1) is 13.6. The molecule has 0 amide bonds. The van der Waals surface area contributed by atoms with E-state index < -0.39 is 0 Å². The van der Waals surface area contributed by atoms with E-state index in [2.05, 4.69) is 15.3 Å². The standard InChI is InChI=1S/C20H15ClN4O2S/c1-27-16-8-4-13(5-9-16)17-10-11-19-22-23-20(25(19)24-17)28-12-18(26)14-2-6-15(21)7-3-14/h2-11H,12H2,1H3. The Morgan fingerprint density at radius 1 is 1.04 bits per heavy atom. The van der Waals surface area contributed by atoms with Crippen LogP contribution in [0.2, 0.25) is 5.02 Å². The molecular formula is C20H15ClN4O2S. The summed E-state index contributed by atoms with van der Waals surface area (Å²) in [6, 6.07) is 18.2. The van der Waals surface area contributed by atoms with E-state index in [1.165, 1.54) is 11.8 Å². The molecule has 0 aliphatic carbocycles. The van der Waals surface area contributed by atoms with Gasteiger partial charge in [-0.2, -0.15) is 9.61 Å². The van der Waals surface area contributed by atoms with E-state index in [1.54, 1.807) is 35.9 Å². The third kappa shape index (κ3) is 3.85. The molecule has 0 atom stereocenters. The summed E-state index contributed by atoms with van der Waals surface area (Å²) in [5.41, 5.74) is 2.96. The summed E-state index contributed by atoms with van der Waals surface area (Å²) in [5.74, 6) is 1.01. The number of carbonyl (C=O) groups excluding carboxylic acids is 1. The average molecular weight is 411 g/mol. The number of Topliss-reactive ketones (excluding diaryl/α,β-unsaturated/α-hetero) is 1. The van der Waals surface area contributed by atoms with Gasteiger partial charge in [0.25, 0.3) is 0 Å². The topological polar surface area (TPSA) is 69.4 Å². The van der Waals surface area contributed by atoms with Crippen molar-refractivity contribution < 1.29 is 9.53 Å². The lowest BCUT2D eigenvalue weighted by Gasteiger charge is -2.05. The minimum Gasteiger partial charge on any atom is -0.497 e. The van der Waals surface area contributed by atoms with Crippen molar-refractivity contribution in [3.05, 3.63) is 71.2 Å². The minimum atomic E-state index is -0.00951. The molecule has 0 radical (unpaired) electrons. The van der Waals surface area contributed by atoms with Gasteiger partial charge in [-0.25, -0.2) is 0 Å². The van der Waals surface area contributed by atoms with Crippen LogP contribution in [0.4, 0.5) is 0 Å². The van der Waals surface area contributed by atoms with Gasteiger partial charge in [0.2, 0.25) is 5.16 Å². The molecule has 2 aromatic heterocycles. The van der Waals surface area contributed by atoms with E-state index in [0.717, 1.165) is 17.0 Å². The molecule has 0 aliphatic heterocycles. The molecule has 2 aromatic carbocycles. The molecule has 0 saturated carbocycles. The van der Waals surface area contributed by atoms with Crippen molar-refractivity contribution in [3.8, 4) is 17.0 Å². The van der Waals surface area contributed by atoms with Gasteiger partial charge in [-0.05, 0) is 60.7 Å². The lowest BCUT2D eigenvalue weighted by molar-refractivity contribution is 0.102. The number of ether oxygens (including phenoxy) is 1. The van der Waals surface area contributed by atoms with E-state index in [1.807, 2.05) is 36.4 Å². The second-order valence-corrected chi connectivity index (χ2v) is 7.30.